The molecule has 0 aromatic rings. The van der Waals surface area contributed by atoms with Gasteiger partial charge in [-0.15, -0.1) is 0 Å². The third kappa shape index (κ3) is 1.87. The summed E-state index contributed by atoms with van der Waals surface area (Å²) in [4.78, 5) is 11.2. The van der Waals surface area contributed by atoms with Gasteiger partial charge in [0.25, 0.3) is 0 Å². The van der Waals surface area contributed by atoms with Crippen LogP contribution in [0.2, 0.25) is 0 Å². The summed E-state index contributed by atoms with van der Waals surface area (Å²) >= 11 is 0. The highest BCUT2D eigenvalue weighted by atomic mass is 16.5. The zero-order chi connectivity index (χ0) is 9.35. The monoisotopic (exact) mass is 168 g/mol. The van der Waals surface area contributed by atoms with Gasteiger partial charge in [-0.05, 0) is 17.9 Å². The molecule has 0 amide bonds. The molecule has 0 spiro atoms. The minimum atomic E-state index is -0.0950. The molecule has 0 fully saturated rings. The van der Waals surface area contributed by atoms with Crippen molar-refractivity contribution in [3.63, 3.8) is 0 Å². The molecule has 0 heterocycles. The standard InChI is InChI=1S/C10H16O2/c1-5-12-9(11)7-6-8(7)10(2,3)4/h6-7H,5H2,1-4H3/t7-/m0/s1. The lowest BCUT2D eigenvalue weighted by Gasteiger charge is -2.15. The first-order valence-corrected chi connectivity index (χ1v) is 4.35. The van der Waals surface area contributed by atoms with Crippen LogP contribution >= 0.6 is 0 Å². The van der Waals surface area contributed by atoms with Gasteiger partial charge in [-0.1, -0.05) is 26.8 Å². The Morgan fingerprint density at radius 2 is 2.17 bits per heavy atom. The van der Waals surface area contributed by atoms with Crippen molar-refractivity contribution in [2.75, 3.05) is 6.61 Å². The number of hydrogen-bond acceptors (Lipinski definition) is 2. The van der Waals surface area contributed by atoms with Crippen LogP contribution in [0.3, 0.4) is 0 Å². The Labute approximate surface area is 73.6 Å². The maximum absolute atomic E-state index is 11.2. The Morgan fingerprint density at radius 3 is 2.50 bits per heavy atom. The summed E-state index contributed by atoms with van der Waals surface area (Å²) in [6, 6.07) is 0. The van der Waals surface area contributed by atoms with Crippen molar-refractivity contribution < 1.29 is 9.53 Å². The average molecular weight is 168 g/mol. The van der Waals surface area contributed by atoms with E-state index in [-0.39, 0.29) is 17.3 Å². The van der Waals surface area contributed by atoms with Gasteiger partial charge in [-0.25, -0.2) is 0 Å². The third-order valence-corrected chi connectivity index (χ3v) is 1.98. The van der Waals surface area contributed by atoms with Crippen LogP contribution in [0.15, 0.2) is 11.6 Å². The molecule has 68 valence electrons. The first kappa shape index (κ1) is 9.30. The van der Waals surface area contributed by atoms with Gasteiger partial charge in [-0.2, -0.15) is 0 Å². The van der Waals surface area contributed by atoms with Crippen molar-refractivity contribution in [2.24, 2.45) is 11.3 Å². The number of hydrogen-bond donors (Lipinski definition) is 0. The Balaban J connectivity index is 2.41. The lowest BCUT2D eigenvalue weighted by Crippen LogP contribution is -2.13. The van der Waals surface area contributed by atoms with Gasteiger partial charge in [0.05, 0.1) is 12.5 Å². The Kier molecular flexibility index (Phi) is 2.27. The summed E-state index contributed by atoms with van der Waals surface area (Å²) in [5.74, 6) is -0.118. The van der Waals surface area contributed by atoms with E-state index in [4.69, 9.17) is 4.74 Å². The van der Waals surface area contributed by atoms with E-state index in [1.54, 1.807) is 0 Å². The highest BCUT2D eigenvalue weighted by Gasteiger charge is 2.39. The molecule has 0 aromatic heterocycles. The van der Waals surface area contributed by atoms with Crippen molar-refractivity contribution in [1.29, 1.82) is 0 Å². The molecular formula is C10H16O2. The molecule has 1 rings (SSSR count). The van der Waals surface area contributed by atoms with Gasteiger partial charge in [0.2, 0.25) is 0 Å². The zero-order valence-corrected chi connectivity index (χ0v) is 8.18. The number of rotatable bonds is 2. The first-order chi connectivity index (χ1) is 5.46. The SMILES string of the molecule is CCOC(=O)[C@H]1C=C1C(C)(C)C. The van der Waals surface area contributed by atoms with Crippen LogP contribution in [0.1, 0.15) is 27.7 Å². The molecule has 1 aliphatic rings. The lowest BCUT2D eigenvalue weighted by atomic mass is 9.91. The summed E-state index contributed by atoms with van der Waals surface area (Å²) in [5.41, 5.74) is 1.33. The molecule has 1 atom stereocenters. The molecule has 0 aromatic carbocycles. The van der Waals surface area contributed by atoms with Crippen LogP contribution < -0.4 is 0 Å². The van der Waals surface area contributed by atoms with E-state index >= 15 is 0 Å². The molecule has 0 radical (unpaired) electrons. The summed E-state index contributed by atoms with van der Waals surface area (Å²) in [6.07, 6.45) is 1.98. The van der Waals surface area contributed by atoms with Crippen molar-refractivity contribution in [1.82, 2.24) is 0 Å². The third-order valence-electron chi connectivity index (χ3n) is 1.98. The quantitative estimate of drug-likeness (QED) is 0.466. The molecule has 12 heavy (non-hydrogen) atoms. The van der Waals surface area contributed by atoms with Gasteiger partial charge in [-0.3, -0.25) is 4.79 Å². The number of carbonyl (C=O) groups excluding carboxylic acids is 1. The van der Waals surface area contributed by atoms with Crippen LogP contribution in [0, 0.1) is 11.3 Å². The molecule has 1 aliphatic carbocycles. The lowest BCUT2D eigenvalue weighted by molar-refractivity contribution is -0.144. The van der Waals surface area contributed by atoms with Crippen LogP contribution in [0.4, 0.5) is 0 Å². The fraction of sp³-hybridized carbons (Fsp3) is 0.700. The summed E-state index contributed by atoms with van der Waals surface area (Å²) in [7, 11) is 0. The number of carbonyl (C=O) groups is 1. The zero-order valence-electron chi connectivity index (χ0n) is 8.18. The van der Waals surface area contributed by atoms with Crippen LogP contribution in [-0.4, -0.2) is 12.6 Å². The molecule has 0 unspecified atom stereocenters. The highest BCUT2D eigenvalue weighted by Crippen LogP contribution is 2.43. The summed E-state index contributed by atoms with van der Waals surface area (Å²) in [6.45, 7) is 8.63. The van der Waals surface area contributed by atoms with Crippen molar-refractivity contribution in [3.05, 3.63) is 11.6 Å². The largest absolute Gasteiger partial charge is 0.465 e. The highest BCUT2D eigenvalue weighted by molar-refractivity contribution is 5.83. The van der Waals surface area contributed by atoms with Crippen LogP contribution in [0.5, 0.6) is 0 Å². The van der Waals surface area contributed by atoms with Crippen LogP contribution in [-0.2, 0) is 9.53 Å². The number of esters is 1. The van der Waals surface area contributed by atoms with Gasteiger partial charge < -0.3 is 4.74 Å². The Hall–Kier alpha value is -0.790. The van der Waals surface area contributed by atoms with E-state index in [0.717, 1.165) is 0 Å². The predicted octanol–water partition coefficient (Wildman–Crippen LogP) is 2.15. The van der Waals surface area contributed by atoms with E-state index in [9.17, 15) is 4.79 Å². The van der Waals surface area contributed by atoms with E-state index in [2.05, 4.69) is 20.8 Å². The second-order valence-corrected chi connectivity index (χ2v) is 4.10. The summed E-state index contributed by atoms with van der Waals surface area (Å²) < 4.78 is 4.90. The molecule has 0 N–H and O–H groups in total. The van der Waals surface area contributed by atoms with Crippen LogP contribution in [0.25, 0.3) is 0 Å². The topological polar surface area (TPSA) is 26.3 Å². The minimum absolute atomic E-state index is 0.0232. The van der Waals surface area contributed by atoms with Gasteiger partial charge in [0, 0.05) is 0 Å². The molecule has 2 nitrogen and oxygen atoms in total. The van der Waals surface area contributed by atoms with E-state index < -0.39 is 0 Å². The molecule has 0 aliphatic heterocycles. The fourth-order valence-corrected chi connectivity index (χ4v) is 1.27. The fourth-order valence-electron chi connectivity index (χ4n) is 1.27. The normalized spacial score (nSPS) is 21.7. The van der Waals surface area contributed by atoms with Gasteiger partial charge in [0.15, 0.2) is 0 Å². The minimum Gasteiger partial charge on any atom is -0.465 e. The number of ether oxygens (including phenoxy) is 1. The molecule has 0 saturated heterocycles. The second-order valence-electron chi connectivity index (χ2n) is 4.10. The molecule has 0 bridgehead atoms. The van der Waals surface area contributed by atoms with E-state index in [0.29, 0.717) is 6.61 Å². The second kappa shape index (κ2) is 2.92. The first-order valence-electron chi connectivity index (χ1n) is 4.35. The Bertz CT molecular complexity index is 220. The molecule has 0 saturated carbocycles. The predicted molar refractivity (Wildman–Crippen MR) is 47.7 cm³/mol. The van der Waals surface area contributed by atoms with E-state index in [1.165, 1.54) is 5.57 Å². The molecular weight excluding hydrogens is 152 g/mol. The summed E-state index contributed by atoms with van der Waals surface area (Å²) in [5, 5.41) is 0. The van der Waals surface area contributed by atoms with E-state index in [1.807, 2.05) is 13.0 Å². The van der Waals surface area contributed by atoms with Crippen molar-refractivity contribution in [3.8, 4) is 0 Å². The van der Waals surface area contributed by atoms with Gasteiger partial charge in [0.1, 0.15) is 0 Å². The van der Waals surface area contributed by atoms with Crippen molar-refractivity contribution >= 4 is 5.97 Å². The smallest absolute Gasteiger partial charge is 0.316 e. The average Bonchev–Trinajstić information content (AvgIpc) is 2.62. The maximum atomic E-state index is 11.2. The van der Waals surface area contributed by atoms with Crippen molar-refractivity contribution in [2.45, 2.75) is 27.7 Å². The molecule has 2 heteroatoms. The Morgan fingerprint density at radius 1 is 1.58 bits per heavy atom. The maximum Gasteiger partial charge on any atom is 0.316 e. The van der Waals surface area contributed by atoms with Gasteiger partial charge >= 0.3 is 5.97 Å².